The summed E-state index contributed by atoms with van der Waals surface area (Å²) in [6, 6.07) is 11.1. The standard InChI is InChI=1S/C24H22F3N3O3/c25-24(26,27)10-14-1-3-15(4-2-14)21-13-32-8-7-30(21)23(31)16-5-6-20-17(9-16)18-11-33-12-19(18)22(28)29-20/h1-6,9,21H,7-8,10-13H2,(H2,28,29)/t21-/m0/s1. The van der Waals surface area contributed by atoms with Gasteiger partial charge in [0.05, 0.1) is 44.4 Å². The lowest BCUT2D eigenvalue weighted by Crippen LogP contribution is -2.43. The molecule has 0 saturated carbocycles. The third-order valence-corrected chi connectivity index (χ3v) is 6.13. The van der Waals surface area contributed by atoms with E-state index >= 15 is 0 Å². The van der Waals surface area contributed by atoms with Crippen LogP contribution in [0.3, 0.4) is 0 Å². The first-order valence-corrected chi connectivity index (χ1v) is 10.6. The predicted octanol–water partition coefficient (Wildman–Crippen LogP) is 4.17. The van der Waals surface area contributed by atoms with Crippen LogP contribution < -0.4 is 5.73 Å². The number of nitrogens with two attached hydrogens (primary N) is 1. The van der Waals surface area contributed by atoms with Crippen molar-refractivity contribution in [2.75, 3.05) is 25.5 Å². The zero-order valence-electron chi connectivity index (χ0n) is 17.7. The lowest BCUT2D eigenvalue weighted by molar-refractivity contribution is -0.127. The SMILES string of the molecule is Nc1nc2ccc(C(=O)N3CCOC[C@H]3c3ccc(CC(F)(F)F)cc3)cc2c2c1COC2. The second-order valence-corrected chi connectivity index (χ2v) is 8.30. The molecular formula is C24H22F3N3O3. The lowest BCUT2D eigenvalue weighted by Gasteiger charge is -2.36. The van der Waals surface area contributed by atoms with Gasteiger partial charge in [-0.1, -0.05) is 24.3 Å². The number of carbonyl (C=O) groups is 1. The van der Waals surface area contributed by atoms with Gasteiger partial charge in [-0.2, -0.15) is 13.2 Å². The van der Waals surface area contributed by atoms with Gasteiger partial charge in [-0.05, 0) is 34.9 Å². The lowest BCUT2D eigenvalue weighted by atomic mass is 9.99. The van der Waals surface area contributed by atoms with Gasteiger partial charge in [-0.15, -0.1) is 0 Å². The summed E-state index contributed by atoms with van der Waals surface area (Å²) in [4.78, 5) is 19.6. The van der Waals surface area contributed by atoms with E-state index in [1.165, 1.54) is 12.1 Å². The average molecular weight is 457 g/mol. The number of halogens is 3. The molecule has 172 valence electrons. The van der Waals surface area contributed by atoms with Crippen molar-refractivity contribution in [1.29, 1.82) is 0 Å². The largest absolute Gasteiger partial charge is 0.393 e. The number of pyridine rings is 1. The molecule has 2 aromatic carbocycles. The van der Waals surface area contributed by atoms with Crippen LogP contribution in [0.15, 0.2) is 42.5 Å². The van der Waals surface area contributed by atoms with E-state index in [1.807, 2.05) is 6.07 Å². The van der Waals surface area contributed by atoms with Crippen LogP contribution >= 0.6 is 0 Å². The summed E-state index contributed by atoms with van der Waals surface area (Å²) in [5, 5.41) is 0.837. The molecule has 1 atom stereocenters. The molecule has 9 heteroatoms. The molecule has 1 amide bonds. The van der Waals surface area contributed by atoms with Gasteiger partial charge in [-0.3, -0.25) is 4.79 Å². The Balaban J connectivity index is 1.44. The zero-order valence-corrected chi connectivity index (χ0v) is 17.7. The quantitative estimate of drug-likeness (QED) is 0.639. The van der Waals surface area contributed by atoms with Crippen molar-refractivity contribution < 1.29 is 27.4 Å². The third-order valence-electron chi connectivity index (χ3n) is 6.13. The Morgan fingerprint density at radius 1 is 1.09 bits per heavy atom. The zero-order chi connectivity index (χ0) is 23.2. The van der Waals surface area contributed by atoms with E-state index in [9.17, 15) is 18.0 Å². The van der Waals surface area contributed by atoms with E-state index in [2.05, 4.69) is 4.98 Å². The minimum atomic E-state index is -4.27. The first-order valence-electron chi connectivity index (χ1n) is 10.6. The molecule has 3 aromatic rings. The van der Waals surface area contributed by atoms with Gasteiger partial charge in [-0.25, -0.2) is 4.98 Å². The summed E-state index contributed by atoms with van der Waals surface area (Å²) >= 11 is 0. The minimum Gasteiger partial charge on any atom is -0.383 e. The molecular weight excluding hydrogens is 435 g/mol. The van der Waals surface area contributed by atoms with E-state index in [1.54, 1.807) is 29.2 Å². The Kier molecular flexibility index (Phi) is 5.46. The van der Waals surface area contributed by atoms with Crippen LogP contribution in [0.1, 0.15) is 38.7 Å². The third kappa shape index (κ3) is 4.26. The van der Waals surface area contributed by atoms with E-state index in [-0.39, 0.29) is 24.1 Å². The first kappa shape index (κ1) is 21.7. The number of fused-ring (bicyclic) bond motifs is 3. The van der Waals surface area contributed by atoms with Crippen molar-refractivity contribution in [1.82, 2.24) is 9.88 Å². The molecule has 1 saturated heterocycles. The fourth-order valence-electron chi connectivity index (χ4n) is 4.48. The average Bonchev–Trinajstić information content (AvgIpc) is 3.29. The number of anilines is 1. The van der Waals surface area contributed by atoms with Gasteiger partial charge in [0.1, 0.15) is 5.82 Å². The Labute approximate surface area is 188 Å². The highest BCUT2D eigenvalue weighted by atomic mass is 19.4. The van der Waals surface area contributed by atoms with Crippen LogP contribution in [0.5, 0.6) is 0 Å². The van der Waals surface area contributed by atoms with Gasteiger partial charge in [0.15, 0.2) is 0 Å². The van der Waals surface area contributed by atoms with Crippen molar-refractivity contribution in [2.45, 2.75) is 31.9 Å². The van der Waals surface area contributed by atoms with Crippen molar-refractivity contribution in [3.63, 3.8) is 0 Å². The molecule has 33 heavy (non-hydrogen) atoms. The molecule has 6 nitrogen and oxygen atoms in total. The van der Waals surface area contributed by atoms with Gasteiger partial charge in [0, 0.05) is 23.1 Å². The van der Waals surface area contributed by atoms with E-state index < -0.39 is 12.6 Å². The summed E-state index contributed by atoms with van der Waals surface area (Å²) in [5.41, 5.74) is 9.96. The van der Waals surface area contributed by atoms with Crippen LogP contribution in [0.2, 0.25) is 0 Å². The highest BCUT2D eigenvalue weighted by molar-refractivity contribution is 5.99. The summed E-state index contributed by atoms with van der Waals surface area (Å²) in [7, 11) is 0. The number of morpholine rings is 1. The molecule has 0 unspecified atom stereocenters. The fourth-order valence-corrected chi connectivity index (χ4v) is 4.48. The Hall–Kier alpha value is -3.17. The van der Waals surface area contributed by atoms with Crippen molar-refractivity contribution in [3.8, 4) is 0 Å². The van der Waals surface area contributed by atoms with Gasteiger partial charge in [0.2, 0.25) is 0 Å². The number of nitrogen functional groups attached to an aromatic ring is 1. The Morgan fingerprint density at radius 2 is 1.85 bits per heavy atom. The number of hydrogen-bond donors (Lipinski definition) is 1. The number of hydrogen-bond acceptors (Lipinski definition) is 5. The molecule has 1 aromatic heterocycles. The van der Waals surface area contributed by atoms with Crippen LogP contribution in [0, 0.1) is 0 Å². The second kappa shape index (κ2) is 8.31. The number of rotatable bonds is 3. The van der Waals surface area contributed by atoms with Crippen LogP contribution in [-0.4, -0.2) is 41.7 Å². The number of ether oxygens (including phenoxy) is 2. The van der Waals surface area contributed by atoms with E-state index in [4.69, 9.17) is 15.2 Å². The fraction of sp³-hybridized carbons (Fsp3) is 0.333. The molecule has 0 spiro atoms. The maximum absolute atomic E-state index is 13.5. The molecule has 3 heterocycles. The number of nitrogens with zero attached hydrogens (tertiary/aromatic N) is 2. The number of amides is 1. The summed E-state index contributed by atoms with van der Waals surface area (Å²) in [6.45, 7) is 1.87. The molecule has 5 rings (SSSR count). The summed E-state index contributed by atoms with van der Waals surface area (Å²) in [5.74, 6) is 0.269. The number of aromatic nitrogens is 1. The molecule has 0 radical (unpaired) electrons. The number of benzene rings is 2. The van der Waals surface area contributed by atoms with Crippen molar-refractivity contribution in [2.24, 2.45) is 0 Å². The van der Waals surface area contributed by atoms with E-state index in [0.29, 0.717) is 43.3 Å². The predicted molar refractivity (Wildman–Crippen MR) is 115 cm³/mol. The maximum atomic E-state index is 13.5. The van der Waals surface area contributed by atoms with Crippen LogP contribution in [0.25, 0.3) is 10.9 Å². The van der Waals surface area contributed by atoms with Gasteiger partial charge < -0.3 is 20.1 Å². The van der Waals surface area contributed by atoms with E-state index in [0.717, 1.165) is 22.1 Å². The molecule has 0 aliphatic carbocycles. The second-order valence-electron chi connectivity index (χ2n) is 8.30. The van der Waals surface area contributed by atoms with Gasteiger partial charge in [0.25, 0.3) is 5.91 Å². The summed E-state index contributed by atoms with van der Waals surface area (Å²) in [6.07, 6.45) is -5.25. The highest BCUT2D eigenvalue weighted by Gasteiger charge is 2.31. The van der Waals surface area contributed by atoms with Gasteiger partial charge >= 0.3 is 6.18 Å². The number of alkyl halides is 3. The monoisotopic (exact) mass is 457 g/mol. The topological polar surface area (TPSA) is 77.7 Å². The summed E-state index contributed by atoms with van der Waals surface area (Å²) < 4.78 is 49.2. The van der Waals surface area contributed by atoms with Crippen LogP contribution in [0.4, 0.5) is 19.0 Å². The highest BCUT2D eigenvalue weighted by Crippen LogP contribution is 2.33. The van der Waals surface area contributed by atoms with Crippen molar-refractivity contribution >= 4 is 22.6 Å². The molecule has 2 N–H and O–H groups in total. The normalized spacial score (nSPS) is 18.5. The number of carbonyl (C=O) groups excluding carboxylic acids is 1. The van der Waals surface area contributed by atoms with Crippen LogP contribution in [-0.2, 0) is 29.1 Å². The molecule has 1 fully saturated rings. The minimum absolute atomic E-state index is 0.172. The first-order chi connectivity index (χ1) is 15.8. The molecule has 2 aliphatic rings. The Morgan fingerprint density at radius 3 is 2.61 bits per heavy atom. The Bertz CT molecular complexity index is 1210. The smallest absolute Gasteiger partial charge is 0.383 e. The molecule has 0 bridgehead atoms. The van der Waals surface area contributed by atoms with Crippen molar-refractivity contribution in [3.05, 3.63) is 70.3 Å². The maximum Gasteiger partial charge on any atom is 0.393 e. The molecule has 2 aliphatic heterocycles.